The molecule has 1 atom stereocenters. The minimum absolute atomic E-state index is 0.490. The van der Waals surface area contributed by atoms with Crippen molar-refractivity contribution < 1.29 is 4.74 Å². The Bertz CT molecular complexity index is 314. The number of nitrogens with zero attached hydrogens (tertiary/aromatic N) is 3. The summed E-state index contributed by atoms with van der Waals surface area (Å²) in [6.45, 7) is 5.05. The Kier molecular flexibility index (Phi) is 3.01. The first-order valence-electron chi connectivity index (χ1n) is 5.14. The number of methoxy groups -OCH3 is 1. The molecule has 1 aliphatic rings. The van der Waals surface area contributed by atoms with Gasteiger partial charge in [-0.3, -0.25) is 0 Å². The standard InChI is InChI=1S/C10H16N4O/c1-8-7-14(4-3-11-8)10-12-5-9(15-2)6-13-10/h5-6,8,11H,3-4,7H2,1-2H3. The van der Waals surface area contributed by atoms with E-state index >= 15 is 0 Å². The lowest BCUT2D eigenvalue weighted by Crippen LogP contribution is -2.49. The molecule has 0 bridgehead atoms. The summed E-state index contributed by atoms with van der Waals surface area (Å²) in [4.78, 5) is 10.7. The van der Waals surface area contributed by atoms with Crippen LogP contribution in [-0.4, -0.2) is 42.8 Å². The Balaban J connectivity index is 2.07. The van der Waals surface area contributed by atoms with Crippen molar-refractivity contribution in [3.8, 4) is 5.75 Å². The molecule has 1 aliphatic heterocycles. The molecule has 0 saturated carbocycles. The van der Waals surface area contributed by atoms with Gasteiger partial charge in [0, 0.05) is 25.7 Å². The van der Waals surface area contributed by atoms with Gasteiger partial charge in [0.15, 0.2) is 5.75 Å². The van der Waals surface area contributed by atoms with E-state index in [1.807, 2.05) is 0 Å². The molecular formula is C10H16N4O. The van der Waals surface area contributed by atoms with Gasteiger partial charge in [-0.2, -0.15) is 0 Å². The number of anilines is 1. The van der Waals surface area contributed by atoms with Crippen LogP contribution in [0.15, 0.2) is 12.4 Å². The first-order chi connectivity index (χ1) is 7.29. The molecule has 1 fully saturated rings. The summed E-state index contributed by atoms with van der Waals surface area (Å²) in [5.74, 6) is 1.48. The van der Waals surface area contributed by atoms with Crippen molar-refractivity contribution in [3.63, 3.8) is 0 Å². The molecule has 15 heavy (non-hydrogen) atoms. The number of ether oxygens (including phenoxy) is 1. The monoisotopic (exact) mass is 208 g/mol. The molecule has 0 amide bonds. The predicted molar refractivity (Wildman–Crippen MR) is 58.3 cm³/mol. The van der Waals surface area contributed by atoms with Crippen LogP contribution in [0.3, 0.4) is 0 Å². The lowest BCUT2D eigenvalue weighted by molar-refractivity contribution is 0.410. The molecule has 1 saturated heterocycles. The van der Waals surface area contributed by atoms with E-state index in [0.717, 1.165) is 25.6 Å². The second-order valence-electron chi connectivity index (χ2n) is 3.72. The molecule has 82 valence electrons. The van der Waals surface area contributed by atoms with Gasteiger partial charge in [0.2, 0.25) is 5.95 Å². The van der Waals surface area contributed by atoms with Crippen LogP contribution in [0, 0.1) is 0 Å². The molecular weight excluding hydrogens is 192 g/mol. The summed E-state index contributed by atoms with van der Waals surface area (Å²) in [7, 11) is 1.62. The zero-order chi connectivity index (χ0) is 10.7. The first-order valence-corrected chi connectivity index (χ1v) is 5.14. The fourth-order valence-electron chi connectivity index (χ4n) is 1.69. The highest BCUT2D eigenvalue weighted by Gasteiger charge is 2.17. The van der Waals surface area contributed by atoms with Crippen LogP contribution in [0.1, 0.15) is 6.92 Å². The second kappa shape index (κ2) is 4.44. The Labute approximate surface area is 89.5 Å². The van der Waals surface area contributed by atoms with Gasteiger partial charge in [0.05, 0.1) is 19.5 Å². The van der Waals surface area contributed by atoms with Crippen LogP contribution in [0.2, 0.25) is 0 Å². The Morgan fingerprint density at radius 2 is 2.20 bits per heavy atom. The fraction of sp³-hybridized carbons (Fsp3) is 0.600. The third-order valence-electron chi connectivity index (χ3n) is 2.50. The van der Waals surface area contributed by atoms with E-state index in [9.17, 15) is 0 Å². The molecule has 0 spiro atoms. The van der Waals surface area contributed by atoms with Gasteiger partial charge in [-0.1, -0.05) is 0 Å². The maximum absolute atomic E-state index is 5.02. The molecule has 1 N–H and O–H groups in total. The largest absolute Gasteiger partial charge is 0.494 e. The van der Waals surface area contributed by atoms with Gasteiger partial charge in [0.25, 0.3) is 0 Å². The number of hydrogen-bond donors (Lipinski definition) is 1. The zero-order valence-electron chi connectivity index (χ0n) is 9.10. The van der Waals surface area contributed by atoms with E-state index in [-0.39, 0.29) is 0 Å². The number of aromatic nitrogens is 2. The zero-order valence-corrected chi connectivity index (χ0v) is 9.10. The van der Waals surface area contributed by atoms with Gasteiger partial charge in [-0.15, -0.1) is 0 Å². The van der Waals surface area contributed by atoms with E-state index in [1.165, 1.54) is 0 Å². The van der Waals surface area contributed by atoms with Crippen LogP contribution >= 0.6 is 0 Å². The van der Waals surface area contributed by atoms with Crippen molar-refractivity contribution >= 4 is 5.95 Å². The highest BCUT2D eigenvalue weighted by atomic mass is 16.5. The second-order valence-corrected chi connectivity index (χ2v) is 3.72. The Hall–Kier alpha value is -1.36. The van der Waals surface area contributed by atoms with Crippen LogP contribution < -0.4 is 15.0 Å². The molecule has 1 unspecified atom stereocenters. The van der Waals surface area contributed by atoms with E-state index in [2.05, 4.69) is 27.1 Å². The van der Waals surface area contributed by atoms with Gasteiger partial charge in [0.1, 0.15) is 0 Å². The summed E-state index contributed by atoms with van der Waals surface area (Å²) in [5.41, 5.74) is 0. The highest BCUT2D eigenvalue weighted by Crippen LogP contribution is 2.12. The molecule has 1 aromatic rings. The van der Waals surface area contributed by atoms with Gasteiger partial charge in [-0.05, 0) is 6.92 Å². The molecule has 0 aromatic carbocycles. The molecule has 2 heterocycles. The van der Waals surface area contributed by atoms with E-state index in [4.69, 9.17) is 4.74 Å². The van der Waals surface area contributed by atoms with Crippen molar-refractivity contribution in [1.82, 2.24) is 15.3 Å². The average Bonchev–Trinajstić information content (AvgIpc) is 2.29. The van der Waals surface area contributed by atoms with Crippen LogP contribution in [-0.2, 0) is 0 Å². The summed E-state index contributed by atoms with van der Waals surface area (Å²) in [5, 5.41) is 3.38. The normalized spacial score (nSPS) is 21.5. The fourth-order valence-corrected chi connectivity index (χ4v) is 1.69. The summed E-state index contributed by atoms with van der Waals surface area (Å²) in [6.07, 6.45) is 3.41. The summed E-state index contributed by atoms with van der Waals surface area (Å²) < 4.78 is 5.02. The minimum Gasteiger partial charge on any atom is -0.494 e. The minimum atomic E-state index is 0.490. The van der Waals surface area contributed by atoms with Gasteiger partial charge in [-0.25, -0.2) is 9.97 Å². The third kappa shape index (κ3) is 2.36. The number of rotatable bonds is 2. The maximum atomic E-state index is 5.02. The van der Waals surface area contributed by atoms with Crippen molar-refractivity contribution in [3.05, 3.63) is 12.4 Å². The predicted octanol–water partition coefficient (Wildman–Crippen LogP) is 0.283. The lowest BCUT2D eigenvalue weighted by Gasteiger charge is -2.31. The number of piperazine rings is 1. The summed E-state index contributed by atoms with van der Waals surface area (Å²) in [6, 6.07) is 0.490. The first kappa shape index (κ1) is 10.2. The number of nitrogens with one attached hydrogen (secondary N) is 1. The van der Waals surface area contributed by atoms with Crippen LogP contribution in [0.4, 0.5) is 5.95 Å². The van der Waals surface area contributed by atoms with Crippen molar-refractivity contribution in [2.45, 2.75) is 13.0 Å². The van der Waals surface area contributed by atoms with E-state index in [0.29, 0.717) is 11.8 Å². The van der Waals surface area contributed by atoms with Crippen molar-refractivity contribution in [2.24, 2.45) is 0 Å². The maximum Gasteiger partial charge on any atom is 0.225 e. The molecule has 0 aliphatic carbocycles. The van der Waals surface area contributed by atoms with Crippen molar-refractivity contribution in [2.75, 3.05) is 31.6 Å². The van der Waals surface area contributed by atoms with E-state index < -0.39 is 0 Å². The third-order valence-corrected chi connectivity index (χ3v) is 2.50. The lowest BCUT2D eigenvalue weighted by atomic mass is 10.2. The Morgan fingerprint density at radius 3 is 2.80 bits per heavy atom. The topological polar surface area (TPSA) is 50.3 Å². The summed E-state index contributed by atoms with van der Waals surface area (Å²) >= 11 is 0. The SMILES string of the molecule is COc1cnc(N2CCNC(C)C2)nc1. The van der Waals surface area contributed by atoms with Crippen molar-refractivity contribution in [1.29, 1.82) is 0 Å². The number of hydrogen-bond acceptors (Lipinski definition) is 5. The molecule has 1 aromatic heterocycles. The molecule has 5 heteroatoms. The molecule has 5 nitrogen and oxygen atoms in total. The molecule has 0 radical (unpaired) electrons. The van der Waals surface area contributed by atoms with Crippen LogP contribution in [0.25, 0.3) is 0 Å². The van der Waals surface area contributed by atoms with Gasteiger partial charge < -0.3 is 15.0 Å². The highest BCUT2D eigenvalue weighted by molar-refractivity contribution is 5.32. The van der Waals surface area contributed by atoms with E-state index in [1.54, 1.807) is 19.5 Å². The van der Waals surface area contributed by atoms with Gasteiger partial charge >= 0.3 is 0 Å². The Morgan fingerprint density at radius 1 is 1.47 bits per heavy atom. The quantitative estimate of drug-likeness (QED) is 0.756. The molecule has 2 rings (SSSR count). The average molecular weight is 208 g/mol. The van der Waals surface area contributed by atoms with Crippen LogP contribution in [0.5, 0.6) is 5.75 Å². The smallest absolute Gasteiger partial charge is 0.225 e.